The van der Waals surface area contributed by atoms with Gasteiger partial charge in [0.25, 0.3) is 11.8 Å². The number of rotatable bonds is 6. The fourth-order valence-corrected chi connectivity index (χ4v) is 3.98. The molecule has 9 heteroatoms. The van der Waals surface area contributed by atoms with Gasteiger partial charge in [-0.25, -0.2) is 9.37 Å². The first kappa shape index (κ1) is 20.3. The summed E-state index contributed by atoms with van der Waals surface area (Å²) in [5.41, 5.74) is 0.922. The van der Waals surface area contributed by atoms with Gasteiger partial charge < -0.3 is 19.7 Å². The maximum absolute atomic E-state index is 13.9. The lowest BCUT2D eigenvalue weighted by Gasteiger charge is -2.36. The number of nitrogens with one attached hydrogen (secondary N) is 1. The third-order valence-electron chi connectivity index (χ3n) is 5.76. The number of piperazine rings is 1. The zero-order valence-corrected chi connectivity index (χ0v) is 17.2. The largest absolute Gasteiger partial charge is 0.367 e. The van der Waals surface area contributed by atoms with Crippen LogP contribution in [-0.2, 0) is 6.54 Å². The molecule has 160 valence electrons. The van der Waals surface area contributed by atoms with Crippen molar-refractivity contribution < 1.29 is 14.0 Å². The predicted molar refractivity (Wildman–Crippen MR) is 111 cm³/mol. The third kappa shape index (κ3) is 4.16. The molecule has 1 aromatic heterocycles. The summed E-state index contributed by atoms with van der Waals surface area (Å²) in [6, 6.07) is 6.84. The number of imidazole rings is 1. The van der Waals surface area contributed by atoms with Crippen LogP contribution in [0, 0.1) is 5.82 Å². The molecule has 30 heavy (non-hydrogen) atoms. The highest BCUT2D eigenvalue weighted by atomic mass is 19.1. The van der Waals surface area contributed by atoms with E-state index in [2.05, 4.69) is 20.1 Å². The van der Waals surface area contributed by atoms with Crippen LogP contribution in [0.25, 0.3) is 0 Å². The average molecular weight is 414 g/mol. The van der Waals surface area contributed by atoms with E-state index in [0.29, 0.717) is 44.2 Å². The maximum Gasteiger partial charge on any atom is 0.289 e. The SMILES string of the molecule is CCN1CCn2cc(C(=O)NCCN3CCN(c4ccccc4F)CC3)nc2C1=O. The van der Waals surface area contributed by atoms with E-state index in [1.165, 1.54) is 6.07 Å². The topological polar surface area (TPSA) is 73.7 Å². The first-order valence-electron chi connectivity index (χ1n) is 10.4. The van der Waals surface area contributed by atoms with Crippen LogP contribution in [0.3, 0.4) is 0 Å². The summed E-state index contributed by atoms with van der Waals surface area (Å²) in [5.74, 6) is -0.257. The molecule has 0 radical (unpaired) electrons. The molecular formula is C21H27FN6O2. The van der Waals surface area contributed by atoms with E-state index in [1.54, 1.807) is 27.8 Å². The fourth-order valence-electron chi connectivity index (χ4n) is 3.98. The molecule has 8 nitrogen and oxygen atoms in total. The van der Waals surface area contributed by atoms with E-state index >= 15 is 0 Å². The molecule has 3 heterocycles. The Balaban J connectivity index is 1.24. The van der Waals surface area contributed by atoms with Crippen LogP contribution in [0.1, 0.15) is 28.0 Å². The van der Waals surface area contributed by atoms with Gasteiger partial charge in [-0.15, -0.1) is 0 Å². The molecule has 2 aromatic rings. The molecule has 0 unspecified atom stereocenters. The van der Waals surface area contributed by atoms with Gasteiger partial charge in [0.2, 0.25) is 0 Å². The molecule has 2 aliphatic rings. The molecule has 1 fully saturated rings. The molecule has 2 aliphatic heterocycles. The van der Waals surface area contributed by atoms with E-state index in [0.717, 1.165) is 26.2 Å². The molecule has 0 bridgehead atoms. The lowest BCUT2D eigenvalue weighted by atomic mass is 10.2. The summed E-state index contributed by atoms with van der Waals surface area (Å²) in [4.78, 5) is 35.1. The van der Waals surface area contributed by atoms with Crippen LogP contribution in [0.4, 0.5) is 10.1 Å². The van der Waals surface area contributed by atoms with Crippen LogP contribution < -0.4 is 10.2 Å². The normalized spacial score (nSPS) is 17.2. The minimum absolute atomic E-state index is 0.129. The zero-order valence-electron chi connectivity index (χ0n) is 17.2. The second-order valence-electron chi connectivity index (χ2n) is 7.56. The standard InChI is InChI=1S/C21H27FN6O2/c1-2-26-13-14-28-15-17(24-19(28)21(26)30)20(29)23-7-8-25-9-11-27(12-10-25)18-6-4-3-5-16(18)22/h3-6,15H,2,7-14H2,1H3,(H,23,29). The minimum Gasteiger partial charge on any atom is -0.367 e. The van der Waals surface area contributed by atoms with Crippen LogP contribution in [0.15, 0.2) is 30.5 Å². The average Bonchev–Trinajstić information content (AvgIpc) is 3.20. The molecule has 0 atom stereocenters. The van der Waals surface area contributed by atoms with Crippen LogP contribution in [0.2, 0.25) is 0 Å². The van der Waals surface area contributed by atoms with Crippen LogP contribution >= 0.6 is 0 Å². The van der Waals surface area contributed by atoms with Gasteiger partial charge in [-0.3, -0.25) is 14.5 Å². The van der Waals surface area contributed by atoms with E-state index in [-0.39, 0.29) is 23.3 Å². The monoisotopic (exact) mass is 414 g/mol. The lowest BCUT2D eigenvalue weighted by molar-refractivity contribution is 0.0707. The smallest absolute Gasteiger partial charge is 0.289 e. The molecule has 1 saturated heterocycles. The Morgan fingerprint density at radius 3 is 2.63 bits per heavy atom. The number of hydrogen-bond donors (Lipinski definition) is 1. The van der Waals surface area contributed by atoms with Crippen molar-refractivity contribution in [3.05, 3.63) is 47.8 Å². The van der Waals surface area contributed by atoms with Crippen molar-refractivity contribution in [2.45, 2.75) is 13.5 Å². The van der Waals surface area contributed by atoms with E-state index < -0.39 is 0 Å². The second-order valence-corrected chi connectivity index (χ2v) is 7.56. The molecule has 0 aliphatic carbocycles. The van der Waals surface area contributed by atoms with Gasteiger partial charge in [0.05, 0.1) is 5.69 Å². The van der Waals surface area contributed by atoms with Gasteiger partial charge in [-0.1, -0.05) is 12.1 Å². The molecule has 2 amide bonds. The second kappa shape index (κ2) is 8.83. The van der Waals surface area contributed by atoms with Gasteiger partial charge in [-0.05, 0) is 19.1 Å². The summed E-state index contributed by atoms with van der Waals surface area (Å²) >= 11 is 0. The third-order valence-corrected chi connectivity index (χ3v) is 5.76. The molecular weight excluding hydrogens is 387 g/mol. The Kier molecular flexibility index (Phi) is 5.98. The van der Waals surface area contributed by atoms with E-state index in [1.807, 2.05) is 13.0 Å². The van der Waals surface area contributed by atoms with E-state index in [9.17, 15) is 14.0 Å². The lowest BCUT2D eigenvalue weighted by Crippen LogP contribution is -2.48. The Morgan fingerprint density at radius 2 is 1.90 bits per heavy atom. The van der Waals surface area contributed by atoms with Crippen molar-refractivity contribution >= 4 is 17.5 Å². The van der Waals surface area contributed by atoms with Crippen molar-refractivity contribution in [3.8, 4) is 0 Å². The summed E-state index contributed by atoms with van der Waals surface area (Å²) in [5, 5.41) is 2.89. The predicted octanol–water partition coefficient (Wildman–Crippen LogP) is 1.05. The molecule has 0 saturated carbocycles. The van der Waals surface area contributed by atoms with Crippen molar-refractivity contribution in [1.82, 2.24) is 24.7 Å². The number of benzene rings is 1. The zero-order chi connectivity index (χ0) is 21.1. The molecule has 1 aromatic carbocycles. The van der Waals surface area contributed by atoms with E-state index in [4.69, 9.17) is 0 Å². The number of likely N-dealkylation sites (N-methyl/N-ethyl adjacent to an activating group) is 1. The van der Waals surface area contributed by atoms with Gasteiger partial charge in [0.1, 0.15) is 11.5 Å². The van der Waals surface area contributed by atoms with Crippen molar-refractivity contribution in [1.29, 1.82) is 0 Å². The number of aromatic nitrogens is 2. The number of carbonyl (C=O) groups excluding carboxylic acids is 2. The fraction of sp³-hybridized carbons (Fsp3) is 0.476. The minimum atomic E-state index is -0.266. The number of carbonyl (C=O) groups is 2. The molecule has 0 spiro atoms. The van der Waals surface area contributed by atoms with Crippen molar-refractivity contribution in [3.63, 3.8) is 0 Å². The number of para-hydroxylation sites is 1. The van der Waals surface area contributed by atoms with Gasteiger partial charge in [-0.2, -0.15) is 0 Å². The number of hydrogen-bond acceptors (Lipinski definition) is 5. The van der Waals surface area contributed by atoms with Crippen LogP contribution in [-0.4, -0.2) is 83.5 Å². The van der Waals surface area contributed by atoms with Gasteiger partial charge >= 0.3 is 0 Å². The van der Waals surface area contributed by atoms with Crippen molar-refractivity contribution in [2.75, 3.05) is 57.3 Å². The summed E-state index contributed by atoms with van der Waals surface area (Å²) in [6.45, 7) is 8.19. The number of amides is 2. The number of nitrogens with zero attached hydrogens (tertiary/aromatic N) is 5. The van der Waals surface area contributed by atoms with Crippen molar-refractivity contribution in [2.24, 2.45) is 0 Å². The number of fused-ring (bicyclic) bond motifs is 1. The highest BCUT2D eigenvalue weighted by Gasteiger charge is 2.27. The summed E-state index contributed by atoms with van der Waals surface area (Å²) in [6.07, 6.45) is 1.66. The van der Waals surface area contributed by atoms with Gasteiger partial charge in [0, 0.05) is 65.1 Å². The highest BCUT2D eigenvalue weighted by Crippen LogP contribution is 2.20. The van der Waals surface area contributed by atoms with Gasteiger partial charge in [0.15, 0.2) is 5.82 Å². The molecule has 4 rings (SSSR count). The Labute approximate surface area is 175 Å². The highest BCUT2D eigenvalue weighted by molar-refractivity contribution is 5.96. The quantitative estimate of drug-likeness (QED) is 0.765. The first-order valence-corrected chi connectivity index (χ1v) is 10.4. The Hall–Kier alpha value is -2.94. The number of anilines is 1. The number of halogens is 1. The maximum atomic E-state index is 13.9. The summed E-state index contributed by atoms with van der Waals surface area (Å²) < 4.78 is 15.7. The Bertz CT molecular complexity index is 922. The molecule has 1 N–H and O–H groups in total. The first-order chi connectivity index (χ1) is 14.6. The van der Waals surface area contributed by atoms with Crippen LogP contribution in [0.5, 0.6) is 0 Å². The summed E-state index contributed by atoms with van der Waals surface area (Å²) in [7, 11) is 0. The Morgan fingerprint density at radius 1 is 1.13 bits per heavy atom.